The quantitative estimate of drug-likeness (QED) is 0.574. The van der Waals surface area contributed by atoms with E-state index in [1.807, 2.05) is 0 Å². The molecule has 0 fully saturated rings. The Morgan fingerprint density at radius 3 is 2.67 bits per heavy atom. The second-order valence-corrected chi connectivity index (χ2v) is 3.35. The van der Waals surface area contributed by atoms with Crippen LogP contribution in [0.4, 0.5) is 11.9 Å². The van der Waals surface area contributed by atoms with Gasteiger partial charge in [-0.25, -0.2) is 5.10 Å². The topological polar surface area (TPSA) is 82.9 Å². The van der Waals surface area contributed by atoms with Gasteiger partial charge in [0.05, 0.1) is 0 Å². The van der Waals surface area contributed by atoms with E-state index < -0.39 is 0 Å². The van der Waals surface area contributed by atoms with E-state index in [-0.39, 0.29) is 0 Å². The van der Waals surface area contributed by atoms with E-state index in [9.17, 15) is 0 Å². The number of H-pyrrole nitrogens is 1. The lowest BCUT2D eigenvalue weighted by molar-refractivity contribution is 0.303. The molecule has 1 aromatic heterocycles. The highest BCUT2D eigenvalue weighted by Crippen LogP contribution is 1.99. The number of anilines is 2. The van der Waals surface area contributed by atoms with Gasteiger partial charge in [0, 0.05) is 6.54 Å². The predicted octanol–water partition coefficient (Wildman–Crippen LogP) is 0.531. The first-order chi connectivity index (χ1) is 7.26. The summed E-state index contributed by atoms with van der Waals surface area (Å²) in [4.78, 5) is 6.34. The first-order valence-electron chi connectivity index (χ1n) is 5.40. The van der Waals surface area contributed by atoms with Gasteiger partial charge in [-0.2, -0.15) is 4.98 Å². The molecule has 0 bridgehead atoms. The minimum atomic E-state index is 0.348. The van der Waals surface area contributed by atoms with E-state index in [2.05, 4.69) is 39.2 Å². The molecule has 15 heavy (non-hydrogen) atoms. The number of hydrogen-bond acceptors (Lipinski definition) is 5. The Morgan fingerprint density at radius 1 is 1.40 bits per heavy atom. The van der Waals surface area contributed by atoms with Crippen LogP contribution in [0.5, 0.6) is 0 Å². The van der Waals surface area contributed by atoms with Crippen molar-refractivity contribution in [3.63, 3.8) is 0 Å². The number of nitrogens with one attached hydrogen (secondary N) is 2. The Hall–Kier alpha value is -1.30. The lowest BCUT2D eigenvalue weighted by Gasteiger charge is -2.17. The molecule has 0 saturated heterocycles. The van der Waals surface area contributed by atoms with Gasteiger partial charge in [-0.3, -0.25) is 0 Å². The summed E-state index contributed by atoms with van der Waals surface area (Å²) in [5, 5.41) is 9.58. The minimum Gasteiger partial charge on any atom is -0.368 e. The second-order valence-electron chi connectivity index (χ2n) is 3.35. The first kappa shape index (κ1) is 11.8. The van der Waals surface area contributed by atoms with Crippen LogP contribution in [0.1, 0.15) is 20.3 Å². The van der Waals surface area contributed by atoms with Gasteiger partial charge in [0.15, 0.2) is 0 Å². The Balaban J connectivity index is 2.11. The van der Waals surface area contributed by atoms with Crippen LogP contribution in [0.2, 0.25) is 0 Å². The molecule has 86 valence electrons. The normalized spacial score (nSPS) is 10.9. The monoisotopic (exact) mass is 212 g/mol. The van der Waals surface area contributed by atoms with Gasteiger partial charge in [0.2, 0.25) is 11.9 Å². The van der Waals surface area contributed by atoms with E-state index in [0.29, 0.717) is 11.9 Å². The van der Waals surface area contributed by atoms with Crippen LogP contribution in [-0.4, -0.2) is 46.3 Å². The number of rotatable bonds is 7. The van der Waals surface area contributed by atoms with E-state index in [4.69, 9.17) is 5.73 Å². The third-order valence-electron chi connectivity index (χ3n) is 2.33. The third-order valence-corrected chi connectivity index (χ3v) is 2.33. The average molecular weight is 212 g/mol. The number of nitrogens with two attached hydrogens (primary N) is 1. The summed E-state index contributed by atoms with van der Waals surface area (Å²) in [6.45, 7) is 8.52. The Kier molecular flexibility index (Phi) is 4.89. The van der Waals surface area contributed by atoms with E-state index >= 15 is 0 Å². The summed E-state index contributed by atoms with van der Waals surface area (Å²) >= 11 is 0. The summed E-state index contributed by atoms with van der Waals surface area (Å²) < 4.78 is 0. The highest BCUT2D eigenvalue weighted by Gasteiger charge is 2.00. The lowest BCUT2D eigenvalue weighted by Crippen LogP contribution is -2.25. The molecule has 0 amide bonds. The molecule has 0 saturated carbocycles. The van der Waals surface area contributed by atoms with Gasteiger partial charge in [0.25, 0.3) is 0 Å². The molecule has 4 N–H and O–H groups in total. The van der Waals surface area contributed by atoms with Crippen molar-refractivity contribution in [3.8, 4) is 0 Å². The van der Waals surface area contributed by atoms with Crippen molar-refractivity contribution in [3.05, 3.63) is 0 Å². The summed E-state index contributed by atoms with van der Waals surface area (Å²) in [6.07, 6.45) is 1.08. The number of nitrogens with zero attached hydrogens (tertiary/aromatic N) is 3. The summed E-state index contributed by atoms with van der Waals surface area (Å²) in [7, 11) is 0. The number of nitrogen functional groups attached to an aromatic ring is 1. The fourth-order valence-corrected chi connectivity index (χ4v) is 1.40. The standard InChI is InChI=1S/C9H20N6/c1-3-15(4-2)7-5-6-11-9-12-8(10)13-14-9/h3-7H2,1-2H3,(H4,10,11,12,13,14). The highest BCUT2D eigenvalue weighted by atomic mass is 15.3. The second kappa shape index (κ2) is 6.23. The predicted molar refractivity (Wildman–Crippen MR) is 61.7 cm³/mol. The molecule has 0 spiro atoms. The zero-order valence-corrected chi connectivity index (χ0v) is 9.45. The zero-order valence-electron chi connectivity index (χ0n) is 9.45. The molecule has 1 heterocycles. The van der Waals surface area contributed by atoms with E-state index in [0.717, 1.165) is 32.6 Å². The molecule has 0 aliphatic heterocycles. The van der Waals surface area contributed by atoms with Gasteiger partial charge >= 0.3 is 0 Å². The molecular weight excluding hydrogens is 192 g/mol. The number of hydrogen-bond donors (Lipinski definition) is 3. The van der Waals surface area contributed by atoms with E-state index in [1.54, 1.807) is 0 Å². The smallest absolute Gasteiger partial charge is 0.243 e. The van der Waals surface area contributed by atoms with Crippen LogP contribution in [0.25, 0.3) is 0 Å². The van der Waals surface area contributed by atoms with Crippen LogP contribution in [0.3, 0.4) is 0 Å². The molecular formula is C9H20N6. The number of aromatic amines is 1. The molecule has 0 radical (unpaired) electrons. The van der Waals surface area contributed by atoms with Crippen molar-refractivity contribution in [2.45, 2.75) is 20.3 Å². The van der Waals surface area contributed by atoms with Crippen LogP contribution in [0.15, 0.2) is 0 Å². The minimum absolute atomic E-state index is 0.348. The van der Waals surface area contributed by atoms with Crippen molar-refractivity contribution >= 4 is 11.9 Å². The third kappa shape index (κ3) is 4.16. The largest absolute Gasteiger partial charge is 0.368 e. The molecule has 6 nitrogen and oxygen atoms in total. The van der Waals surface area contributed by atoms with Crippen molar-refractivity contribution in [2.24, 2.45) is 0 Å². The number of aromatic nitrogens is 3. The average Bonchev–Trinajstić information content (AvgIpc) is 2.65. The van der Waals surface area contributed by atoms with Gasteiger partial charge in [-0.05, 0) is 26.1 Å². The van der Waals surface area contributed by atoms with Gasteiger partial charge < -0.3 is 16.0 Å². The van der Waals surface area contributed by atoms with Crippen LogP contribution in [-0.2, 0) is 0 Å². The van der Waals surface area contributed by atoms with Crippen molar-refractivity contribution in [2.75, 3.05) is 37.2 Å². The van der Waals surface area contributed by atoms with Crippen molar-refractivity contribution in [1.29, 1.82) is 0 Å². The van der Waals surface area contributed by atoms with Crippen molar-refractivity contribution < 1.29 is 0 Å². The fourth-order valence-electron chi connectivity index (χ4n) is 1.40. The Labute approximate surface area is 90.3 Å². The zero-order chi connectivity index (χ0) is 11.1. The fraction of sp³-hybridized carbons (Fsp3) is 0.778. The van der Waals surface area contributed by atoms with Gasteiger partial charge in [0.1, 0.15) is 0 Å². The summed E-state index contributed by atoms with van der Waals surface area (Å²) in [5.41, 5.74) is 5.40. The first-order valence-corrected chi connectivity index (χ1v) is 5.40. The van der Waals surface area contributed by atoms with Gasteiger partial charge in [-0.15, -0.1) is 5.10 Å². The lowest BCUT2D eigenvalue weighted by atomic mass is 10.3. The Bertz CT molecular complexity index is 267. The van der Waals surface area contributed by atoms with Crippen LogP contribution >= 0.6 is 0 Å². The summed E-state index contributed by atoms with van der Waals surface area (Å²) in [5.74, 6) is 0.924. The van der Waals surface area contributed by atoms with Crippen LogP contribution in [0, 0.1) is 0 Å². The molecule has 1 aromatic rings. The molecule has 0 aromatic carbocycles. The SMILES string of the molecule is CCN(CC)CCCNc1n[nH]c(N)n1. The Morgan fingerprint density at radius 2 is 2.13 bits per heavy atom. The highest BCUT2D eigenvalue weighted by molar-refractivity contribution is 5.29. The molecule has 0 aliphatic rings. The van der Waals surface area contributed by atoms with Crippen LogP contribution < -0.4 is 11.1 Å². The molecule has 6 heteroatoms. The maximum Gasteiger partial charge on any atom is 0.243 e. The van der Waals surface area contributed by atoms with E-state index in [1.165, 1.54) is 0 Å². The van der Waals surface area contributed by atoms with Gasteiger partial charge in [-0.1, -0.05) is 13.8 Å². The molecule has 1 rings (SSSR count). The maximum atomic E-state index is 5.40. The molecule has 0 unspecified atom stereocenters. The molecule has 0 aliphatic carbocycles. The summed E-state index contributed by atoms with van der Waals surface area (Å²) in [6, 6.07) is 0. The van der Waals surface area contributed by atoms with Crippen molar-refractivity contribution in [1.82, 2.24) is 20.1 Å². The molecule has 0 atom stereocenters. The maximum absolute atomic E-state index is 5.40.